The minimum atomic E-state index is -3.84. The second-order valence-electron chi connectivity index (χ2n) is 32.9. The van der Waals surface area contributed by atoms with Crippen LogP contribution in [-0.4, -0.2) is 164 Å². The Morgan fingerprint density at radius 3 is 1.68 bits per heavy atom. The molecule has 2 aliphatic rings. The van der Waals surface area contributed by atoms with E-state index in [-0.39, 0.29) is 43.1 Å². The molecule has 2 amide bonds. The molecule has 792 valence electrons. The molecule has 15 rings (SSSR count). The number of non-ortho nitro benzene ring substituents is 2. The van der Waals surface area contributed by atoms with E-state index in [0.29, 0.717) is 61.5 Å². The number of thiazole rings is 1. The second-order valence-corrected chi connectivity index (χ2v) is 39.5. The third-order valence-electron chi connectivity index (χ3n) is 20.6. The maximum absolute atomic E-state index is 13.8. The van der Waals surface area contributed by atoms with Crippen LogP contribution in [-0.2, 0) is 53.5 Å². The largest absolute Gasteiger partial charge is 0.496 e. The maximum Gasteiger partial charge on any atom is 0.448 e. The van der Waals surface area contributed by atoms with Crippen molar-refractivity contribution in [2.75, 3.05) is 71.2 Å². The molecule has 146 heavy (non-hydrogen) atoms. The zero-order valence-corrected chi connectivity index (χ0v) is 91.8. The molecule has 5 aromatic heterocycles. The van der Waals surface area contributed by atoms with Gasteiger partial charge in [-0.25, -0.2) is 33.0 Å². The number of aliphatic hydroxyl groups is 2. The highest BCUT2D eigenvalue weighted by atomic mass is 35.5. The van der Waals surface area contributed by atoms with Crippen LogP contribution in [0.5, 0.6) is 17.2 Å². The number of aromatic nitrogens is 6. The monoisotopic (exact) mass is 2150 g/mol. The summed E-state index contributed by atoms with van der Waals surface area (Å²) in [5.41, 5.74) is 23.1. The van der Waals surface area contributed by atoms with Crippen LogP contribution in [0.15, 0.2) is 215 Å². The van der Waals surface area contributed by atoms with Crippen LogP contribution in [0.1, 0.15) is 158 Å². The summed E-state index contributed by atoms with van der Waals surface area (Å²) >= 11 is 21.5. The number of amides is 2. The number of nitro groups is 2. The Morgan fingerprint density at radius 2 is 1.25 bits per heavy atom. The molecule has 0 saturated carbocycles. The maximum atomic E-state index is 13.8. The standard InChI is InChI=1S/C23H40N2O5S.C14H15NO2.C10H11N3OS.C8H9NO3.C8H10.C7H7Cl.C7H7NO2.C6H9NO.C5H4Cl2S.C5H10N4O4.C5H6N2.C5H7NS.CH2O/c1-17-18(2)22(19(3)20-11-12-23(4,5)30-21(17)20)31(26,27)25(29-16-10-13-24)14-8-7-9-15-28-6;16-11-15-13-6-8-14(9-7-13)17-10-12-4-2-1-3-5-12;14-7-11-10-13-12-9(15-10)6-8-4-2-1-3-5-8;1-6-5-7(9(10)11)3-4-8(6)12-2;1-7-4-3-5-8(2)6-7;1-6-3-2-4-7(8)5-6;1-6-2-4-7(5-3-6)8(9)10;1-4-5(2)7-8-6(4)3;1-3-2-4(6)8-5(3)7;1-3-2-8(4(10)12-6)9(3)5(11)13-7;1-5-4-6-2-3-7-5;1-4-3-7-5(2)6-4;1-2/h7-16,24H2,1-6H3;1-9,15-16H,10-11H2;1-5,14H,6-7H2,(H,11,13);3-5H,1-2H3;3-6H,1-2H3;2-5H,1H3;2-5H,1H3;1-3H3;2H,1H3;3H,2,6-7H2,1H3;2-4H,1H3;3H,1-2H3;1H2. The fourth-order valence-corrected chi connectivity index (χ4v) is 17.6. The van der Waals surface area contributed by atoms with Crippen molar-refractivity contribution in [3.63, 3.8) is 0 Å². The van der Waals surface area contributed by atoms with Crippen molar-refractivity contribution in [1.82, 2.24) is 44.8 Å². The molecule has 0 aliphatic carbocycles. The van der Waals surface area contributed by atoms with E-state index in [1.165, 1.54) is 80.8 Å². The topological polar surface area (TPSA) is 479 Å². The Bertz CT molecular complexity index is 5970. The summed E-state index contributed by atoms with van der Waals surface area (Å²) < 4.78 is 57.0. The minimum Gasteiger partial charge on any atom is -0.496 e. The highest BCUT2D eigenvalue weighted by Gasteiger charge is 2.43. The lowest BCUT2D eigenvalue weighted by molar-refractivity contribution is -0.385. The molecule has 0 bridgehead atoms. The first-order chi connectivity index (χ1) is 69.5. The zero-order valence-electron chi connectivity index (χ0n) is 86.3. The minimum absolute atomic E-state index is 0.0653. The van der Waals surface area contributed by atoms with E-state index in [9.17, 15) is 38.2 Å². The Labute approximate surface area is 883 Å². The van der Waals surface area contributed by atoms with Crippen LogP contribution in [0.4, 0.5) is 31.8 Å². The molecule has 8 aromatic carbocycles. The van der Waals surface area contributed by atoms with Gasteiger partial charge >= 0.3 is 12.2 Å². The Morgan fingerprint density at radius 1 is 0.651 bits per heavy atom. The van der Waals surface area contributed by atoms with Gasteiger partial charge in [0, 0.05) is 96.9 Å². The van der Waals surface area contributed by atoms with Crippen LogP contribution < -0.4 is 42.4 Å². The summed E-state index contributed by atoms with van der Waals surface area (Å²) in [7, 11) is -0.633. The van der Waals surface area contributed by atoms with Gasteiger partial charge in [-0.1, -0.05) is 182 Å². The predicted molar refractivity (Wildman–Crippen MR) is 580 cm³/mol. The van der Waals surface area contributed by atoms with E-state index in [4.69, 9.17) is 83.9 Å². The number of benzene rings is 8. The molecule has 0 radical (unpaired) electrons. The number of hydroxylamine groups is 1. The summed E-state index contributed by atoms with van der Waals surface area (Å²) in [5, 5.41) is 62.6. The van der Waals surface area contributed by atoms with Gasteiger partial charge < -0.3 is 64.5 Å². The number of nitrogens with two attached hydrogens (primary N) is 3. The summed E-state index contributed by atoms with van der Waals surface area (Å²) in [5.74, 6) is 12.5. The van der Waals surface area contributed by atoms with Gasteiger partial charge in [0.1, 0.15) is 60.5 Å². The van der Waals surface area contributed by atoms with E-state index < -0.39 is 32.1 Å². The lowest BCUT2D eigenvalue weighted by Gasteiger charge is -2.45. The number of hydrogen-bond acceptors (Lipinski definition) is 33. The van der Waals surface area contributed by atoms with Crippen molar-refractivity contribution < 1.29 is 80.8 Å². The number of nitrogens with one attached hydrogen (secondary N) is 2. The van der Waals surface area contributed by atoms with E-state index in [1.54, 1.807) is 69.1 Å². The number of nitrogens with zero attached hydrogens (tertiary/aromatic N) is 11. The first-order valence-electron chi connectivity index (χ1n) is 45.8. The van der Waals surface area contributed by atoms with Gasteiger partial charge in [0.15, 0.2) is 0 Å². The van der Waals surface area contributed by atoms with Crippen LogP contribution in [0.25, 0.3) is 0 Å². The van der Waals surface area contributed by atoms with Gasteiger partial charge in [-0.15, -0.1) is 32.9 Å². The molecular formula is C104H137Cl3N16O19S4. The number of hydrogen-bond donors (Lipinski definition) is 7. The molecule has 1 unspecified atom stereocenters. The molecule has 2 aliphatic heterocycles. The molecular weight excluding hydrogens is 2010 g/mol. The Balaban J connectivity index is 0.000000422. The number of carbonyl (C=O) groups excluding carboxylic acids is 3. The fourth-order valence-electron chi connectivity index (χ4n) is 12.7. The number of nitro benzene ring substituents is 2. The van der Waals surface area contributed by atoms with Crippen molar-refractivity contribution in [3.05, 3.63) is 345 Å². The number of aliphatic hydroxyl groups excluding tert-OH is 2. The normalized spacial score (nSPS) is 11.8. The van der Waals surface area contributed by atoms with Crippen LogP contribution in [0.3, 0.4) is 0 Å². The first kappa shape index (κ1) is 128. The molecule has 1 atom stereocenters. The highest BCUT2D eigenvalue weighted by molar-refractivity contribution is 7.89. The number of fused-ring (bicyclic) bond motifs is 1. The molecule has 0 spiro atoms. The molecule has 1 fully saturated rings. The summed E-state index contributed by atoms with van der Waals surface area (Å²) in [6.07, 6.45) is 8.87. The molecule has 42 heteroatoms. The highest BCUT2D eigenvalue weighted by Crippen LogP contribution is 2.43. The number of thiophene rings is 1. The first-order valence-corrected chi connectivity index (χ1v) is 50.9. The number of unbranched alkanes of at least 4 members (excludes halogenated alkanes) is 2. The summed E-state index contributed by atoms with van der Waals surface area (Å²) in [6.45, 7) is 39.6. The van der Waals surface area contributed by atoms with Crippen molar-refractivity contribution >= 4 is 120 Å². The van der Waals surface area contributed by atoms with Crippen LogP contribution >= 0.6 is 68.8 Å². The van der Waals surface area contributed by atoms with Gasteiger partial charge in [-0.3, -0.25) is 35.0 Å². The lowest BCUT2D eigenvalue weighted by atomic mass is 9.88. The number of rotatable bonds is 24. The average Bonchev–Trinajstić information content (AvgIpc) is 1.35. The van der Waals surface area contributed by atoms with Gasteiger partial charge in [0.2, 0.25) is 5.13 Å². The van der Waals surface area contributed by atoms with Crippen LogP contribution in [0.2, 0.25) is 13.7 Å². The van der Waals surface area contributed by atoms with Crippen molar-refractivity contribution in [3.8, 4) is 17.2 Å². The van der Waals surface area contributed by atoms with Gasteiger partial charge in [-0.05, 0) is 268 Å². The summed E-state index contributed by atoms with van der Waals surface area (Å²) in [6, 6.07) is 56.5. The molecule has 13 aromatic rings. The number of carbonyl (C=O) groups is 3. The van der Waals surface area contributed by atoms with Crippen LogP contribution in [0, 0.1) is 124 Å². The lowest BCUT2D eigenvalue weighted by Crippen LogP contribution is -2.67. The van der Waals surface area contributed by atoms with Crippen molar-refractivity contribution in [1.29, 1.82) is 0 Å². The smallest absolute Gasteiger partial charge is 0.448 e. The van der Waals surface area contributed by atoms with Crippen molar-refractivity contribution in [2.24, 2.45) is 17.5 Å². The van der Waals surface area contributed by atoms with E-state index in [1.807, 2.05) is 193 Å². The number of ether oxygens (including phenoxy) is 4. The number of halogens is 3. The van der Waals surface area contributed by atoms with Crippen molar-refractivity contribution in [2.45, 2.75) is 193 Å². The number of aryl methyl sites for hydroxylation is 11. The molecule has 35 nitrogen and oxygen atoms in total. The van der Waals surface area contributed by atoms with E-state index >= 15 is 0 Å². The average molecular weight is 2150 g/mol. The third kappa shape index (κ3) is 48.2. The number of sulfonamides is 1. The number of methoxy groups -OCH3 is 2. The van der Waals surface area contributed by atoms with E-state index in [0.717, 1.165) is 156 Å². The van der Waals surface area contributed by atoms with Gasteiger partial charge in [-0.2, -0.15) is 11.8 Å². The SMILES string of the molecule is C=O.CC1CN(C(=O)ON)N1C(=O)ON.COCCCCCN(OCCCN)S(=O)(=O)c1c(C)c(C)c2c(c1C)CCC(C)(C)O2.COc1ccc([N+](=O)[O-])cc1C.Cc1cc(Cl)sc1Cl.Cc1ccc([N+](=O)[O-])cc1.Cc1cccc(C)c1.Cc1cccc(Cl)c1.Cc1cnccn1.Cc1csc(C)n1.Cc1noc(C)c1C.OCNc1ccc(OCc2ccccc2)cc1.OCNc1nnc(Cc2ccccc2)s1. The van der Waals surface area contributed by atoms with Gasteiger partial charge in [0.05, 0.1) is 66.1 Å². The predicted octanol–water partition coefficient (Wildman–Crippen LogP) is 22.9. The second kappa shape index (κ2) is 69.5. The Kier molecular flexibility index (Phi) is 60.8. The number of anilines is 2. The Hall–Kier alpha value is -12.6. The molecule has 10 N–H and O–H groups in total. The third-order valence-corrected chi connectivity index (χ3v) is 26.2. The number of hydrazine groups is 1. The fraction of sp³-hybridized carbons (Fsp3) is 0.356. The molecule has 1 saturated heterocycles. The zero-order chi connectivity index (χ0) is 109. The quantitative estimate of drug-likeness (QED) is 0.0128. The van der Waals surface area contributed by atoms with E-state index in [2.05, 4.69) is 132 Å². The van der Waals surface area contributed by atoms with Gasteiger partial charge in [0.25, 0.3) is 21.4 Å². The molecule has 7 heterocycles. The summed E-state index contributed by atoms with van der Waals surface area (Å²) in [4.78, 5) is 75.2.